The van der Waals surface area contributed by atoms with Crippen LogP contribution in [0.15, 0.2) is 12.1 Å². The van der Waals surface area contributed by atoms with E-state index in [4.69, 9.17) is 4.74 Å². The molecule has 106 valence electrons. The molecule has 2 heteroatoms. The van der Waals surface area contributed by atoms with Gasteiger partial charge in [0, 0.05) is 5.56 Å². The molecule has 1 fully saturated rings. The molecule has 1 saturated carbocycles. The monoisotopic (exact) mass is 262 g/mol. The number of methoxy groups -OCH3 is 1. The Morgan fingerprint density at radius 1 is 1.32 bits per heavy atom. The van der Waals surface area contributed by atoms with E-state index in [0.717, 1.165) is 23.3 Å². The van der Waals surface area contributed by atoms with Crippen molar-refractivity contribution in [2.24, 2.45) is 11.3 Å². The summed E-state index contributed by atoms with van der Waals surface area (Å²) < 4.78 is 5.55. The van der Waals surface area contributed by atoms with Crippen LogP contribution in [0, 0.1) is 25.2 Å². The molecule has 2 unspecified atom stereocenters. The minimum atomic E-state index is -0.424. The predicted octanol–water partition coefficient (Wildman–Crippen LogP) is 4.17. The SMILES string of the molecule is COc1c(C(O)C2CCCC2(C)C)ccc(C)c1C. The molecule has 0 saturated heterocycles. The Bertz CT molecular complexity index is 463. The summed E-state index contributed by atoms with van der Waals surface area (Å²) in [4.78, 5) is 0. The van der Waals surface area contributed by atoms with Crippen molar-refractivity contribution in [1.29, 1.82) is 0 Å². The van der Waals surface area contributed by atoms with E-state index in [0.29, 0.717) is 5.92 Å². The number of aliphatic hydroxyl groups excluding tert-OH is 1. The first-order valence-corrected chi connectivity index (χ1v) is 7.20. The van der Waals surface area contributed by atoms with Gasteiger partial charge in [-0.2, -0.15) is 0 Å². The lowest BCUT2D eigenvalue weighted by molar-refractivity contribution is 0.0512. The van der Waals surface area contributed by atoms with Gasteiger partial charge in [0.15, 0.2) is 0 Å². The van der Waals surface area contributed by atoms with Crippen LogP contribution >= 0.6 is 0 Å². The number of rotatable bonds is 3. The predicted molar refractivity (Wildman–Crippen MR) is 78.5 cm³/mol. The highest BCUT2D eigenvalue weighted by Crippen LogP contribution is 2.50. The van der Waals surface area contributed by atoms with Gasteiger partial charge in [-0.3, -0.25) is 0 Å². The Morgan fingerprint density at radius 3 is 2.53 bits per heavy atom. The summed E-state index contributed by atoms with van der Waals surface area (Å²) in [5.41, 5.74) is 3.50. The average Bonchev–Trinajstić information content (AvgIpc) is 2.71. The molecule has 0 radical (unpaired) electrons. The molecular formula is C17H26O2. The maximum absolute atomic E-state index is 10.8. The molecule has 1 aliphatic carbocycles. The molecule has 2 nitrogen and oxygen atoms in total. The molecule has 19 heavy (non-hydrogen) atoms. The third-order valence-corrected chi connectivity index (χ3v) is 4.95. The van der Waals surface area contributed by atoms with Crippen LogP contribution in [0.5, 0.6) is 5.75 Å². The molecule has 0 aromatic heterocycles. The second-order valence-corrected chi connectivity index (χ2v) is 6.56. The Hall–Kier alpha value is -1.02. The van der Waals surface area contributed by atoms with Crippen molar-refractivity contribution in [3.63, 3.8) is 0 Å². The van der Waals surface area contributed by atoms with Crippen molar-refractivity contribution in [1.82, 2.24) is 0 Å². The second kappa shape index (κ2) is 5.16. The number of aryl methyl sites for hydroxylation is 1. The van der Waals surface area contributed by atoms with Gasteiger partial charge in [0.1, 0.15) is 5.75 Å². The molecule has 1 aromatic carbocycles. The van der Waals surface area contributed by atoms with Crippen molar-refractivity contribution in [3.05, 3.63) is 28.8 Å². The molecule has 0 aliphatic heterocycles. The molecule has 0 spiro atoms. The molecule has 0 bridgehead atoms. The van der Waals surface area contributed by atoms with Gasteiger partial charge in [0.05, 0.1) is 13.2 Å². The number of hydrogen-bond acceptors (Lipinski definition) is 2. The van der Waals surface area contributed by atoms with Crippen LogP contribution in [0.2, 0.25) is 0 Å². The fourth-order valence-corrected chi connectivity index (χ4v) is 3.47. The smallest absolute Gasteiger partial charge is 0.127 e. The molecular weight excluding hydrogens is 236 g/mol. The van der Waals surface area contributed by atoms with Crippen molar-refractivity contribution in [2.45, 2.75) is 53.1 Å². The standard InChI is InChI=1S/C17H26O2/c1-11-8-9-13(16(19-5)12(11)2)15(18)14-7-6-10-17(14,3)4/h8-9,14-15,18H,6-7,10H2,1-5H3. The van der Waals surface area contributed by atoms with Gasteiger partial charge in [0.2, 0.25) is 0 Å². The maximum Gasteiger partial charge on any atom is 0.127 e. The lowest BCUT2D eigenvalue weighted by Gasteiger charge is -2.32. The highest BCUT2D eigenvalue weighted by atomic mass is 16.5. The first kappa shape index (κ1) is 14.4. The summed E-state index contributed by atoms with van der Waals surface area (Å²) in [7, 11) is 1.69. The highest BCUT2D eigenvalue weighted by Gasteiger charge is 2.40. The zero-order chi connectivity index (χ0) is 14.2. The largest absolute Gasteiger partial charge is 0.496 e. The molecule has 2 atom stereocenters. The van der Waals surface area contributed by atoms with E-state index in [2.05, 4.69) is 33.8 Å². The van der Waals surface area contributed by atoms with Crippen LogP contribution in [0.3, 0.4) is 0 Å². The van der Waals surface area contributed by atoms with E-state index in [1.807, 2.05) is 6.07 Å². The summed E-state index contributed by atoms with van der Waals surface area (Å²) in [6.07, 6.45) is 3.08. The topological polar surface area (TPSA) is 29.5 Å². The lowest BCUT2D eigenvalue weighted by Crippen LogP contribution is -2.24. The van der Waals surface area contributed by atoms with Crippen LogP contribution in [0.4, 0.5) is 0 Å². The summed E-state index contributed by atoms with van der Waals surface area (Å²) in [5.74, 6) is 1.18. The van der Waals surface area contributed by atoms with Gasteiger partial charge >= 0.3 is 0 Å². The van der Waals surface area contributed by atoms with Crippen molar-refractivity contribution < 1.29 is 9.84 Å². The van der Waals surface area contributed by atoms with Crippen molar-refractivity contribution in [3.8, 4) is 5.75 Å². The number of aliphatic hydroxyl groups is 1. The Balaban J connectivity index is 2.39. The Morgan fingerprint density at radius 2 is 2.00 bits per heavy atom. The number of ether oxygens (including phenoxy) is 1. The summed E-state index contributed by atoms with van der Waals surface area (Å²) in [6.45, 7) is 8.67. The lowest BCUT2D eigenvalue weighted by atomic mass is 9.76. The van der Waals surface area contributed by atoms with Gasteiger partial charge in [-0.1, -0.05) is 32.4 Å². The minimum absolute atomic E-state index is 0.212. The molecule has 0 heterocycles. The average molecular weight is 262 g/mol. The maximum atomic E-state index is 10.8. The Kier molecular flexibility index (Phi) is 3.91. The number of benzene rings is 1. The zero-order valence-corrected chi connectivity index (χ0v) is 12.8. The van der Waals surface area contributed by atoms with Gasteiger partial charge in [-0.15, -0.1) is 0 Å². The first-order valence-electron chi connectivity index (χ1n) is 7.20. The third kappa shape index (κ3) is 2.51. The highest BCUT2D eigenvalue weighted by molar-refractivity contribution is 5.46. The van der Waals surface area contributed by atoms with E-state index in [9.17, 15) is 5.11 Å². The van der Waals surface area contributed by atoms with Crippen molar-refractivity contribution >= 4 is 0 Å². The fourth-order valence-electron chi connectivity index (χ4n) is 3.47. The van der Waals surface area contributed by atoms with Crippen LogP contribution in [0.1, 0.15) is 55.9 Å². The first-order chi connectivity index (χ1) is 8.88. The van der Waals surface area contributed by atoms with E-state index in [1.54, 1.807) is 7.11 Å². The van der Waals surface area contributed by atoms with Gasteiger partial charge in [-0.05, 0) is 49.1 Å². The summed E-state index contributed by atoms with van der Waals surface area (Å²) in [6, 6.07) is 4.11. The molecule has 1 aliphatic rings. The molecule has 1 N–H and O–H groups in total. The number of hydrogen-bond donors (Lipinski definition) is 1. The summed E-state index contributed by atoms with van der Waals surface area (Å²) in [5, 5.41) is 10.8. The molecule has 1 aromatic rings. The summed E-state index contributed by atoms with van der Waals surface area (Å²) >= 11 is 0. The molecule has 2 rings (SSSR count). The van der Waals surface area contributed by atoms with Gasteiger partial charge < -0.3 is 9.84 Å². The van der Waals surface area contributed by atoms with Crippen LogP contribution in [-0.2, 0) is 0 Å². The normalized spacial score (nSPS) is 23.4. The van der Waals surface area contributed by atoms with Gasteiger partial charge in [-0.25, -0.2) is 0 Å². The zero-order valence-electron chi connectivity index (χ0n) is 12.8. The van der Waals surface area contributed by atoms with Crippen LogP contribution in [0.25, 0.3) is 0 Å². The third-order valence-electron chi connectivity index (χ3n) is 4.95. The van der Waals surface area contributed by atoms with Crippen LogP contribution < -0.4 is 4.74 Å². The van der Waals surface area contributed by atoms with Crippen molar-refractivity contribution in [2.75, 3.05) is 7.11 Å². The van der Waals surface area contributed by atoms with E-state index < -0.39 is 6.10 Å². The minimum Gasteiger partial charge on any atom is -0.496 e. The van der Waals surface area contributed by atoms with Gasteiger partial charge in [0.25, 0.3) is 0 Å². The fraction of sp³-hybridized carbons (Fsp3) is 0.647. The van der Waals surface area contributed by atoms with Crippen LogP contribution in [-0.4, -0.2) is 12.2 Å². The Labute approximate surface area is 116 Å². The van der Waals surface area contributed by atoms with E-state index >= 15 is 0 Å². The van der Waals surface area contributed by atoms with E-state index in [-0.39, 0.29) is 5.41 Å². The van der Waals surface area contributed by atoms with E-state index in [1.165, 1.54) is 18.4 Å². The second-order valence-electron chi connectivity index (χ2n) is 6.56. The molecule has 0 amide bonds. The quantitative estimate of drug-likeness (QED) is 0.885.